The third-order valence-electron chi connectivity index (χ3n) is 2.74. The van der Waals surface area contributed by atoms with Crippen molar-refractivity contribution < 1.29 is 14.1 Å². The standard InChI is InChI=1S/C13H11BrN2O4/c1-15(13(17)11-5-6-20-12(11)14)8-9-3-2-4-10(7-9)16(18)19/h2-7H,8H2,1H3. The van der Waals surface area contributed by atoms with E-state index in [4.69, 9.17) is 4.42 Å². The summed E-state index contributed by atoms with van der Waals surface area (Å²) in [6.07, 6.45) is 1.42. The summed E-state index contributed by atoms with van der Waals surface area (Å²) >= 11 is 3.15. The second kappa shape index (κ2) is 5.87. The smallest absolute Gasteiger partial charge is 0.269 e. The van der Waals surface area contributed by atoms with Crippen LogP contribution in [0.15, 0.2) is 45.7 Å². The van der Waals surface area contributed by atoms with E-state index in [1.165, 1.54) is 23.3 Å². The van der Waals surface area contributed by atoms with Crippen LogP contribution in [-0.2, 0) is 6.54 Å². The van der Waals surface area contributed by atoms with Gasteiger partial charge in [0.25, 0.3) is 11.6 Å². The molecule has 0 saturated heterocycles. The highest BCUT2D eigenvalue weighted by Crippen LogP contribution is 2.20. The normalized spacial score (nSPS) is 10.3. The number of nitro benzene ring substituents is 1. The molecule has 0 fully saturated rings. The average molecular weight is 339 g/mol. The highest BCUT2D eigenvalue weighted by Gasteiger charge is 2.17. The molecule has 0 unspecified atom stereocenters. The molecular formula is C13H11BrN2O4. The maximum absolute atomic E-state index is 12.2. The van der Waals surface area contributed by atoms with Crippen molar-refractivity contribution in [3.05, 3.63) is 62.5 Å². The summed E-state index contributed by atoms with van der Waals surface area (Å²) in [4.78, 5) is 23.9. The van der Waals surface area contributed by atoms with Gasteiger partial charge in [0.05, 0.1) is 16.7 Å². The number of amides is 1. The lowest BCUT2D eigenvalue weighted by molar-refractivity contribution is -0.384. The van der Waals surface area contributed by atoms with Gasteiger partial charge in [0, 0.05) is 25.7 Å². The van der Waals surface area contributed by atoms with Crippen LogP contribution in [0.25, 0.3) is 0 Å². The number of hydrogen-bond donors (Lipinski definition) is 0. The summed E-state index contributed by atoms with van der Waals surface area (Å²) in [5.41, 5.74) is 1.11. The lowest BCUT2D eigenvalue weighted by Gasteiger charge is -2.16. The predicted octanol–water partition coefficient (Wildman–Crippen LogP) is 3.22. The zero-order valence-corrected chi connectivity index (χ0v) is 12.2. The van der Waals surface area contributed by atoms with Crippen molar-refractivity contribution in [2.75, 3.05) is 7.05 Å². The number of furan rings is 1. The molecule has 2 rings (SSSR count). The van der Waals surface area contributed by atoms with E-state index in [9.17, 15) is 14.9 Å². The summed E-state index contributed by atoms with van der Waals surface area (Å²) in [6, 6.07) is 7.77. The fourth-order valence-electron chi connectivity index (χ4n) is 1.77. The Balaban J connectivity index is 2.14. The summed E-state index contributed by atoms with van der Waals surface area (Å²) in [5, 5.41) is 10.7. The van der Waals surface area contributed by atoms with E-state index in [0.29, 0.717) is 15.8 Å². The quantitative estimate of drug-likeness (QED) is 0.633. The molecule has 0 aliphatic rings. The molecule has 2 aromatic rings. The van der Waals surface area contributed by atoms with E-state index in [1.807, 2.05) is 0 Å². The summed E-state index contributed by atoms with van der Waals surface area (Å²) < 4.78 is 5.39. The molecule has 0 radical (unpaired) electrons. The molecule has 0 bridgehead atoms. The first kappa shape index (κ1) is 14.3. The van der Waals surface area contributed by atoms with Gasteiger partial charge in [-0.2, -0.15) is 0 Å². The van der Waals surface area contributed by atoms with Crippen LogP contribution in [0.4, 0.5) is 5.69 Å². The van der Waals surface area contributed by atoms with Crippen molar-refractivity contribution in [1.29, 1.82) is 0 Å². The number of hydrogen-bond acceptors (Lipinski definition) is 4. The molecule has 0 atom stereocenters. The Morgan fingerprint density at radius 1 is 1.45 bits per heavy atom. The molecule has 1 amide bonds. The molecule has 0 N–H and O–H groups in total. The van der Waals surface area contributed by atoms with Crippen LogP contribution in [0, 0.1) is 10.1 Å². The second-order valence-corrected chi connectivity index (χ2v) is 4.92. The van der Waals surface area contributed by atoms with E-state index in [2.05, 4.69) is 15.9 Å². The largest absolute Gasteiger partial charge is 0.457 e. The number of nitrogens with zero attached hydrogens (tertiary/aromatic N) is 2. The predicted molar refractivity (Wildman–Crippen MR) is 75.3 cm³/mol. The van der Waals surface area contributed by atoms with Crippen LogP contribution >= 0.6 is 15.9 Å². The van der Waals surface area contributed by atoms with Crippen molar-refractivity contribution >= 4 is 27.5 Å². The molecule has 1 aromatic heterocycles. The third-order valence-corrected chi connectivity index (χ3v) is 3.35. The van der Waals surface area contributed by atoms with Gasteiger partial charge in [-0.05, 0) is 27.6 Å². The maximum atomic E-state index is 12.2. The summed E-state index contributed by atoms with van der Waals surface area (Å²) in [5.74, 6) is -0.225. The van der Waals surface area contributed by atoms with Crippen LogP contribution in [0.1, 0.15) is 15.9 Å². The van der Waals surface area contributed by atoms with Crippen molar-refractivity contribution in [3.8, 4) is 0 Å². The molecule has 0 saturated carbocycles. The molecule has 1 heterocycles. The van der Waals surface area contributed by atoms with Crippen molar-refractivity contribution in [3.63, 3.8) is 0 Å². The summed E-state index contributed by atoms with van der Waals surface area (Å²) in [7, 11) is 1.63. The van der Waals surface area contributed by atoms with Gasteiger partial charge in [-0.3, -0.25) is 14.9 Å². The van der Waals surface area contributed by atoms with Crippen molar-refractivity contribution in [1.82, 2.24) is 4.90 Å². The Morgan fingerprint density at radius 2 is 2.20 bits per heavy atom. The number of halogens is 1. The molecule has 7 heteroatoms. The van der Waals surface area contributed by atoms with Gasteiger partial charge in [0.1, 0.15) is 0 Å². The molecule has 6 nitrogen and oxygen atoms in total. The van der Waals surface area contributed by atoms with Gasteiger partial charge in [0.15, 0.2) is 4.67 Å². The summed E-state index contributed by atoms with van der Waals surface area (Å²) in [6.45, 7) is 0.276. The van der Waals surface area contributed by atoms with Gasteiger partial charge in [-0.25, -0.2) is 0 Å². The lowest BCUT2D eigenvalue weighted by Crippen LogP contribution is -2.26. The SMILES string of the molecule is CN(Cc1cccc([N+](=O)[O-])c1)C(=O)c1ccoc1Br. The molecule has 0 aliphatic heterocycles. The van der Waals surface area contributed by atoms with Crippen LogP contribution in [0.5, 0.6) is 0 Å². The minimum absolute atomic E-state index is 0.00726. The topological polar surface area (TPSA) is 76.6 Å². The lowest BCUT2D eigenvalue weighted by atomic mass is 10.2. The Morgan fingerprint density at radius 3 is 2.80 bits per heavy atom. The fourth-order valence-corrected chi connectivity index (χ4v) is 2.18. The maximum Gasteiger partial charge on any atom is 0.269 e. The van der Waals surface area contributed by atoms with E-state index < -0.39 is 4.92 Å². The number of carbonyl (C=O) groups is 1. The van der Waals surface area contributed by atoms with Gasteiger partial charge >= 0.3 is 0 Å². The third kappa shape index (κ3) is 3.05. The van der Waals surface area contributed by atoms with Gasteiger partial charge in [-0.15, -0.1) is 0 Å². The first-order valence-electron chi connectivity index (χ1n) is 5.71. The number of rotatable bonds is 4. The van der Waals surface area contributed by atoms with Gasteiger partial charge in [-0.1, -0.05) is 12.1 Å². The number of nitro groups is 1. The van der Waals surface area contributed by atoms with Crippen LogP contribution in [-0.4, -0.2) is 22.8 Å². The molecule has 104 valence electrons. The molecule has 1 aromatic carbocycles. The Hall–Kier alpha value is -2.15. The van der Waals surface area contributed by atoms with E-state index in [-0.39, 0.29) is 18.1 Å². The van der Waals surface area contributed by atoms with E-state index >= 15 is 0 Å². The first-order chi connectivity index (χ1) is 9.49. The minimum Gasteiger partial charge on any atom is -0.457 e. The minimum atomic E-state index is -0.460. The Kier molecular flexibility index (Phi) is 4.19. The monoisotopic (exact) mass is 338 g/mol. The zero-order valence-electron chi connectivity index (χ0n) is 10.6. The molecular weight excluding hydrogens is 328 g/mol. The van der Waals surface area contributed by atoms with Gasteiger partial charge in [0.2, 0.25) is 0 Å². The van der Waals surface area contributed by atoms with Crippen molar-refractivity contribution in [2.24, 2.45) is 0 Å². The van der Waals surface area contributed by atoms with E-state index in [1.54, 1.807) is 25.2 Å². The number of non-ortho nitro benzene ring substituents is 1. The molecule has 0 spiro atoms. The number of benzene rings is 1. The fraction of sp³-hybridized carbons (Fsp3) is 0.154. The zero-order chi connectivity index (χ0) is 14.7. The second-order valence-electron chi connectivity index (χ2n) is 4.20. The number of carbonyl (C=O) groups excluding carboxylic acids is 1. The highest BCUT2D eigenvalue weighted by atomic mass is 79.9. The van der Waals surface area contributed by atoms with Crippen LogP contribution in [0.2, 0.25) is 0 Å². The Labute approximate surface area is 123 Å². The van der Waals surface area contributed by atoms with Gasteiger partial charge < -0.3 is 9.32 Å². The molecule has 0 aliphatic carbocycles. The van der Waals surface area contributed by atoms with E-state index in [0.717, 1.165) is 0 Å². The molecule has 20 heavy (non-hydrogen) atoms. The van der Waals surface area contributed by atoms with Crippen molar-refractivity contribution in [2.45, 2.75) is 6.54 Å². The van der Waals surface area contributed by atoms with Crippen LogP contribution < -0.4 is 0 Å². The average Bonchev–Trinajstić information content (AvgIpc) is 2.84. The Bertz CT molecular complexity index is 653. The van der Waals surface area contributed by atoms with Crippen LogP contribution in [0.3, 0.4) is 0 Å². The first-order valence-corrected chi connectivity index (χ1v) is 6.50. The highest BCUT2D eigenvalue weighted by molar-refractivity contribution is 9.10.